The minimum absolute atomic E-state index is 0.0199. The first-order valence-corrected chi connectivity index (χ1v) is 7.30. The number of amides is 1. The number of fused-ring (bicyclic) bond motifs is 1. The van der Waals surface area contributed by atoms with Gasteiger partial charge in [0, 0.05) is 24.0 Å². The third-order valence-corrected chi connectivity index (χ3v) is 3.34. The van der Waals surface area contributed by atoms with Crippen LogP contribution in [0.4, 0.5) is 0 Å². The molecule has 0 fully saturated rings. The third kappa shape index (κ3) is 2.83. The predicted octanol–water partition coefficient (Wildman–Crippen LogP) is 2.62. The van der Waals surface area contributed by atoms with Crippen LogP contribution in [-0.4, -0.2) is 26.5 Å². The van der Waals surface area contributed by atoms with Gasteiger partial charge in [0.05, 0.1) is 11.0 Å². The molecule has 0 aliphatic heterocycles. The Morgan fingerprint density at radius 3 is 2.64 bits per heavy atom. The summed E-state index contributed by atoms with van der Waals surface area (Å²) in [5, 5.41) is 2.92. The molecule has 1 N–H and O–H groups in total. The minimum atomic E-state index is -0.0199. The molecule has 1 aromatic carbocycles. The average Bonchev–Trinajstić information content (AvgIpc) is 2.86. The summed E-state index contributed by atoms with van der Waals surface area (Å²) >= 11 is 0. The number of carbonyl (C=O) groups is 1. The number of pyridine rings is 1. The number of carbonyl (C=O) groups excluding carboxylic acids is 1. The van der Waals surface area contributed by atoms with Crippen LogP contribution >= 0.6 is 0 Å². The van der Waals surface area contributed by atoms with Gasteiger partial charge in [0.1, 0.15) is 12.4 Å². The van der Waals surface area contributed by atoms with Gasteiger partial charge in [-0.25, -0.2) is 4.98 Å². The van der Waals surface area contributed by atoms with E-state index in [0.717, 1.165) is 22.4 Å². The van der Waals surface area contributed by atoms with E-state index in [0.29, 0.717) is 0 Å². The molecule has 0 radical (unpaired) electrons. The van der Waals surface area contributed by atoms with E-state index in [1.165, 1.54) is 0 Å². The van der Waals surface area contributed by atoms with Gasteiger partial charge in [-0.1, -0.05) is 12.1 Å². The van der Waals surface area contributed by atoms with Crippen LogP contribution in [-0.2, 0) is 11.3 Å². The summed E-state index contributed by atoms with van der Waals surface area (Å²) in [5.41, 5.74) is 2.78. The van der Waals surface area contributed by atoms with Crippen molar-refractivity contribution < 1.29 is 4.79 Å². The fourth-order valence-electron chi connectivity index (χ4n) is 2.47. The van der Waals surface area contributed by atoms with Crippen LogP contribution in [0, 0.1) is 0 Å². The summed E-state index contributed by atoms with van der Waals surface area (Å²) in [6.07, 6.45) is 3.46. The molecule has 0 bridgehead atoms. The molecule has 2 aromatic heterocycles. The van der Waals surface area contributed by atoms with Gasteiger partial charge < -0.3 is 9.88 Å². The topological polar surface area (TPSA) is 59.8 Å². The van der Waals surface area contributed by atoms with Crippen molar-refractivity contribution in [1.82, 2.24) is 19.9 Å². The van der Waals surface area contributed by atoms with Crippen LogP contribution in [0.5, 0.6) is 0 Å². The molecule has 0 aliphatic carbocycles. The molecule has 0 saturated carbocycles. The molecule has 22 heavy (non-hydrogen) atoms. The Morgan fingerprint density at radius 1 is 1.18 bits per heavy atom. The molecular weight excluding hydrogens is 276 g/mol. The molecule has 0 atom stereocenters. The van der Waals surface area contributed by atoms with Crippen molar-refractivity contribution in [2.75, 3.05) is 0 Å². The molecule has 5 heteroatoms. The maximum absolute atomic E-state index is 12.2. The molecule has 0 spiro atoms. The highest BCUT2D eigenvalue weighted by atomic mass is 16.2. The standard InChI is InChI=1S/C17H18N4O/c1-12(2)19-16(22)11-21-15-6-4-3-5-14(15)20-17(21)13-7-9-18-10-8-13/h3-10,12H,11H2,1-2H3,(H,19,22). The number of hydrogen-bond donors (Lipinski definition) is 1. The lowest BCUT2D eigenvalue weighted by Crippen LogP contribution is -2.33. The van der Waals surface area contributed by atoms with Crippen molar-refractivity contribution in [3.05, 3.63) is 48.8 Å². The molecule has 3 rings (SSSR count). The quantitative estimate of drug-likeness (QED) is 0.804. The Hall–Kier alpha value is -2.69. The maximum atomic E-state index is 12.2. The van der Waals surface area contributed by atoms with Crippen LogP contribution in [0.3, 0.4) is 0 Å². The van der Waals surface area contributed by atoms with Crippen LogP contribution < -0.4 is 5.32 Å². The Balaban J connectivity index is 2.08. The smallest absolute Gasteiger partial charge is 0.240 e. The summed E-state index contributed by atoms with van der Waals surface area (Å²) in [6, 6.07) is 11.8. The van der Waals surface area contributed by atoms with Gasteiger partial charge in [-0.3, -0.25) is 9.78 Å². The van der Waals surface area contributed by atoms with Gasteiger partial charge in [-0.15, -0.1) is 0 Å². The van der Waals surface area contributed by atoms with E-state index in [4.69, 9.17) is 0 Å². The largest absolute Gasteiger partial charge is 0.352 e. The highest BCUT2D eigenvalue weighted by molar-refractivity contribution is 5.84. The van der Waals surface area contributed by atoms with E-state index in [1.54, 1.807) is 12.4 Å². The van der Waals surface area contributed by atoms with Crippen molar-refractivity contribution in [3.8, 4) is 11.4 Å². The molecular formula is C17H18N4O. The Bertz CT molecular complexity index is 793. The first-order chi connectivity index (χ1) is 10.6. The monoisotopic (exact) mass is 294 g/mol. The van der Waals surface area contributed by atoms with E-state index in [9.17, 15) is 4.79 Å². The number of nitrogens with one attached hydrogen (secondary N) is 1. The van der Waals surface area contributed by atoms with Crippen molar-refractivity contribution >= 4 is 16.9 Å². The molecule has 2 heterocycles. The van der Waals surface area contributed by atoms with Crippen LogP contribution in [0.15, 0.2) is 48.8 Å². The first-order valence-electron chi connectivity index (χ1n) is 7.30. The number of rotatable bonds is 4. The van der Waals surface area contributed by atoms with E-state index < -0.39 is 0 Å². The number of benzene rings is 1. The second-order valence-electron chi connectivity index (χ2n) is 5.47. The maximum Gasteiger partial charge on any atom is 0.240 e. The zero-order valence-corrected chi connectivity index (χ0v) is 12.7. The van der Waals surface area contributed by atoms with Gasteiger partial charge in [0.25, 0.3) is 0 Å². The Morgan fingerprint density at radius 2 is 1.91 bits per heavy atom. The van der Waals surface area contributed by atoms with Crippen LogP contribution in [0.2, 0.25) is 0 Å². The Kier molecular flexibility index (Phi) is 3.87. The zero-order chi connectivity index (χ0) is 15.5. The fraction of sp³-hybridized carbons (Fsp3) is 0.235. The summed E-state index contributed by atoms with van der Waals surface area (Å²) < 4.78 is 1.95. The van der Waals surface area contributed by atoms with E-state index in [2.05, 4.69) is 15.3 Å². The number of nitrogens with zero attached hydrogens (tertiary/aromatic N) is 3. The van der Waals surface area contributed by atoms with Gasteiger partial charge in [0.2, 0.25) is 5.91 Å². The van der Waals surface area contributed by atoms with Crippen LogP contribution in [0.25, 0.3) is 22.4 Å². The van der Waals surface area contributed by atoms with Gasteiger partial charge in [-0.2, -0.15) is 0 Å². The zero-order valence-electron chi connectivity index (χ0n) is 12.7. The van der Waals surface area contributed by atoms with Gasteiger partial charge in [-0.05, 0) is 38.1 Å². The van der Waals surface area contributed by atoms with Crippen molar-refractivity contribution in [3.63, 3.8) is 0 Å². The molecule has 112 valence electrons. The summed E-state index contributed by atoms with van der Waals surface area (Å²) in [7, 11) is 0. The Labute approximate surface area is 129 Å². The number of hydrogen-bond acceptors (Lipinski definition) is 3. The second kappa shape index (κ2) is 5.97. The SMILES string of the molecule is CC(C)NC(=O)Cn1c(-c2ccncc2)nc2ccccc21. The normalized spacial score (nSPS) is 11.0. The van der Waals surface area contributed by atoms with Crippen LogP contribution in [0.1, 0.15) is 13.8 Å². The summed E-state index contributed by atoms with van der Waals surface area (Å²) in [5.74, 6) is 0.760. The van der Waals surface area contributed by atoms with Gasteiger partial charge >= 0.3 is 0 Å². The molecule has 0 saturated heterocycles. The number of imidazole rings is 1. The first kappa shape index (κ1) is 14.3. The average molecular weight is 294 g/mol. The molecule has 1 amide bonds. The van der Waals surface area contributed by atoms with E-state index in [1.807, 2.05) is 54.8 Å². The lowest BCUT2D eigenvalue weighted by Gasteiger charge is -2.12. The summed E-state index contributed by atoms with van der Waals surface area (Å²) in [6.45, 7) is 4.15. The van der Waals surface area contributed by atoms with Gasteiger partial charge in [0.15, 0.2) is 0 Å². The molecule has 3 aromatic rings. The number of aromatic nitrogens is 3. The van der Waals surface area contributed by atoms with E-state index >= 15 is 0 Å². The molecule has 0 unspecified atom stereocenters. The molecule has 5 nitrogen and oxygen atoms in total. The summed E-state index contributed by atoms with van der Waals surface area (Å²) in [4.78, 5) is 20.9. The van der Waals surface area contributed by atoms with E-state index in [-0.39, 0.29) is 18.5 Å². The highest BCUT2D eigenvalue weighted by Gasteiger charge is 2.15. The highest BCUT2D eigenvalue weighted by Crippen LogP contribution is 2.24. The lowest BCUT2D eigenvalue weighted by molar-refractivity contribution is -0.122. The second-order valence-corrected chi connectivity index (χ2v) is 5.47. The van der Waals surface area contributed by atoms with Crippen molar-refractivity contribution in [2.45, 2.75) is 26.4 Å². The number of para-hydroxylation sites is 2. The fourth-order valence-corrected chi connectivity index (χ4v) is 2.47. The lowest BCUT2D eigenvalue weighted by atomic mass is 10.2. The molecule has 0 aliphatic rings. The van der Waals surface area contributed by atoms with Crippen molar-refractivity contribution in [2.24, 2.45) is 0 Å². The van der Waals surface area contributed by atoms with Crippen molar-refractivity contribution in [1.29, 1.82) is 0 Å². The predicted molar refractivity (Wildman–Crippen MR) is 86.2 cm³/mol. The minimum Gasteiger partial charge on any atom is -0.352 e. The third-order valence-electron chi connectivity index (χ3n) is 3.34.